The molecule has 0 unspecified atom stereocenters. The summed E-state index contributed by atoms with van der Waals surface area (Å²) >= 11 is 7.87. The minimum absolute atomic E-state index is 0.0349. The number of thiophene rings is 1. The number of ether oxygens (including phenoxy) is 2. The van der Waals surface area contributed by atoms with Crippen molar-refractivity contribution in [3.8, 4) is 0 Å². The molecule has 0 radical (unpaired) electrons. The molecule has 0 N–H and O–H groups in total. The molecule has 1 fully saturated rings. The van der Waals surface area contributed by atoms with Crippen molar-refractivity contribution in [3.63, 3.8) is 0 Å². The molecule has 21 heavy (non-hydrogen) atoms. The number of benzene rings is 1. The summed E-state index contributed by atoms with van der Waals surface area (Å²) in [5.74, 6) is -0.324. The van der Waals surface area contributed by atoms with Crippen molar-refractivity contribution in [2.24, 2.45) is 0 Å². The standard InChI is InChI=1S/C16H17ClO3S/c17-16-12-7-3-4-8-13(12)21-14(16)9-20-15(18)10-19-11-5-1-2-6-11/h3-4,7-8,11H,1-2,5-6,9-10H2. The molecule has 2 aromatic rings. The molecule has 0 amide bonds. The highest BCUT2D eigenvalue weighted by Gasteiger charge is 2.17. The fraction of sp³-hybridized carbons (Fsp3) is 0.438. The average molecular weight is 325 g/mol. The van der Waals surface area contributed by atoms with E-state index in [1.54, 1.807) is 11.3 Å². The largest absolute Gasteiger partial charge is 0.458 e. The molecular weight excluding hydrogens is 308 g/mol. The number of carbonyl (C=O) groups excluding carboxylic acids is 1. The minimum Gasteiger partial charge on any atom is -0.458 e. The molecule has 3 nitrogen and oxygen atoms in total. The Kier molecular flexibility index (Phi) is 4.78. The van der Waals surface area contributed by atoms with Crippen LogP contribution in [0.2, 0.25) is 5.02 Å². The van der Waals surface area contributed by atoms with Gasteiger partial charge in [0.2, 0.25) is 0 Å². The van der Waals surface area contributed by atoms with Crippen LogP contribution in [0.25, 0.3) is 10.1 Å². The van der Waals surface area contributed by atoms with Gasteiger partial charge in [-0.2, -0.15) is 0 Å². The van der Waals surface area contributed by atoms with E-state index in [1.807, 2.05) is 24.3 Å². The first-order valence-corrected chi connectivity index (χ1v) is 8.36. The van der Waals surface area contributed by atoms with Gasteiger partial charge in [-0.15, -0.1) is 11.3 Å². The van der Waals surface area contributed by atoms with Crippen LogP contribution in [0.3, 0.4) is 0 Å². The Morgan fingerprint density at radius 3 is 2.81 bits per heavy atom. The van der Waals surface area contributed by atoms with Crippen LogP contribution in [-0.4, -0.2) is 18.7 Å². The van der Waals surface area contributed by atoms with Crippen LogP contribution in [0, 0.1) is 0 Å². The monoisotopic (exact) mass is 324 g/mol. The molecule has 1 saturated carbocycles. The van der Waals surface area contributed by atoms with E-state index in [2.05, 4.69) is 0 Å². The molecule has 1 aliphatic rings. The fourth-order valence-electron chi connectivity index (χ4n) is 2.59. The molecule has 0 bridgehead atoms. The third-order valence-electron chi connectivity index (χ3n) is 3.70. The third kappa shape index (κ3) is 3.57. The molecule has 1 aliphatic carbocycles. The zero-order valence-electron chi connectivity index (χ0n) is 11.6. The van der Waals surface area contributed by atoms with Gasteiger partial charge in [0, 0.05) is 10.1 Å². The van der Waals surface area contributed by atoms with Crippen molar-refractivity contribution in [3.05, 3.63) is 34.2 Å². The predicted molar refractivity (Wildman–Crippen MR) is 84.8 cm³/mol. The van der Waals surface area contributed by atoms with E-state index in [1.165, 1.54) is 12.8 Å². The van der Waals surface area contributed by atoms with E-state index in [-0.39, 0.29) is 25.3 Å². The second-order valence-electron chi connectivity index (χ2n) is 5.21. The first kappa shape index (κ1) is 14.8. The SMILES string of the molecule is O=C(COC1CCCC1)OCc1sc2ccccc2c1Cl. The van der Waals surface area contributed by atoms with Crippen LogP contribution in [-0.2, 0) is 20.9 Å². The van der Waals surface area contributed by atoms with E-state index in [0.29, 0.717) is 5.02 Å². The molecule has 3 rings (SSSR count). The van der Waals surface area contributed by atoms with Crippen molar-refractivity contribution >= 4 is 39.0 Å². The van der Waals surface area contributed by atoms with Crippen molar-refractivity contribution in [1.82, 2.24) is 0 Å². The lowest BCUT2D eigenvalue weighted by molar-refractivity contribution is -0.152. The lowest BCUT2D eigenvalue weighted by atomic mass is 10.2. The lowest BCUT2D eigenvalue weighted by Crippen LogP contribution is -2.17. The van der Waals surface area contributed by atoms with E-state index < -0.39 is 0 Å². The predicted octanol–water partition coefficient (Wildman–Crippen LogP) is 4.56. The number of rotatable bonds is 5. The van der Waals surface area contributed by atoms with Crippen molar-refractivity contribution < 1.29 is 14.3 Å². The van der Waals surface area contributed by atoms with Gasteiger partial charge >= 0.3 is 5.97 Å². The number of hydrogen-bond donors (Lipinski definition) is 0. The summed E-state index contributed by atoms with van der Waals surface area (Å²) in [6, 6.07) is 7.91. The zero-order chi connectivity index (χ0) is 14.7. The van der Waals surface area contributed by atoms with Gasteiger partial charge in [0.1, 0.15) is 13.2 Å². The maximum Gasteiger partial charge on any atom is 0.332 e. The summed E-state index contributed by atoms with van der Waals surface area (Å²) in [7, 11) is 0. The smallest absolute Gasteiger partial charge is 0.332 e. The van der Waals surface area contributed by atoms with Gasteiger partial charge in [0.25, 0.3) is 0 Å². The highest BCUT2D eigenvalue weighted by molar-refractivity contribution is 7.19. The van der Waals surface area contributed by atoms with Crippen LogP contribution >= 0.6 is 22.9 Å². The summed E-state index contributed by atoms with van der Waals surface area (Å²) in [4.78, 5) is 12.6. The maximum atomic E-state index is 11.7. The number of carbonyl (C=O) groups is 1. The third-order valence-corrected chi connectivity index (χ3v) is 5.39. The second-order valence-corrected chi connectivity index (χ2v) is 6.73. The molecule has 1 aromatic heterocycles. The highest BCUT2D eigenvalue weighted by Crippen LogP contribution is 2.35. The number of halogens is 1. The number of fused-ring (bicyclic) bond motifs is 1. The molecule has 112 valence electrons. The van der Waals surface area contributed by atoms with Crippen LogP contribution in [0.1, 0.15) is 30.6 Å². The molecule has 5 heteroatoms. The first-order valence-electron chi connectivity index (χ1n) is 7.17. The van der Waals surface area contributed by atoms with Gasteiger partial charge in [-0.25, -0.2) is 4.79 Å². The number of hydrogen-bond acceptors (Lipinski definition) is 4. The molecule has 0 atom stereocenters. The molecule has 1 aromatic carbocycles. The Morgan fingerprint density at radius 1 is 1.29 bits per heavy atom. The van der Waals surface area contributed by atoms with Gasteiger partial charge in [-0.3, -0.25) is 0 Å². The van der Waals surface area contributed by atoms with E-state index in [4.69, 9.17) is 21.1 Å². The van der Waals surface area contributed by atoms with Crippen molar-refractivity contribution in [1.29, 1.82) is 0 Å². The van der Waals surface area contributed by atoms with Gasteiger partial charge in [0.05, 0.1) is 16.0 Å². The van der Waals surface area contributed by atoms with Gasteiger partial charge in [-0.05, 0) is 18.9 Å². The van der Waals surface area contributed by atoms with Crippen LogP contribution in [0.4, 0.5) is 0 Å². The average Bonchev–Trinajstić information content (AvgIpc) is 3.12. The topological polar surface area (TPSA) is 35.5 Å². The second kappa shape index (κ2) is 6.77. The van der Waals surface area contributed by atoms with Gasteiger partial charge in [-0.1, -0.05) is 42.6 Å². The quantitative estimate of drug-likeness (QED) is 0.756. The fourth-order valence-corrected chi connectivity index (χ4v) is 3.99. The Labute approximate surface area is 132 Å². The van der Waals surface area contributed by atoms with Crippen molar-refractivity contribution in [2.75, 3.05) is 6.61 Å². The molecule has 0 saturated heterocycles. The normalized spacial score (nSPS) is 15.7. The summed E-state index contributed by atoms with van der Waals surface area (Å²) in [5.41, 5.74) is 0. The van der Waals surface area contributed by atoms with Crippen LogP contribution in [0.5, 0.6) is 0 Å². The molecule has 1 heterocycles. The maximum absolute atomic E-state index is 11.7. The van der Waals surface area contributed by atoms with Crippen molar-refractivity contribution in [2.45, 2.75) is 38.4 Å². The molecule has 0 aliphatic heterocycles. The van der Waals surface area contributed by atoms with E-state index in [0.717, 1.165) is 27.8 Å². The summed E-state index contributed by atoms with van der Waals surface area (Å²) in [6.45, 7) is 0.248. The van der Waals surface area contributed by atoms with Crippen LogP contribution < -0.4 is 0 Å². The van der Waals surface area contributed by atoms with Crippen LogP contribution in [0.15, 0.2) is 24.3 Å². The Morgan fingerprint density at radius 2 is 2.05 bits per heavy atom. The highest BCUT2D eigenvalue weighted by atomic mass is 35.5. The summed E-state index contributed by atoms with van der Waals surface area (Å²) in [5, 5.41) is 1.69. The Bertz CT molecular complexity index is 631. The lowest BCUT2D eigenvalue weighted by Gasteiger charge is -2.10. The first-order chi connectivity index (χ1) is 10.2. The van der Waals surface area contributed by atoms with E-state index >= 15 is 0 Å². The zero-order valence-corrected chi connectivity index (χ0v) is 13.2. The van der Waals surface area contributed by atoms with Gasteiger partial charge in [0.15, 0.2) is 0 Å². The molecular formula is C16H17ClO3S. The Balaban J connectivity index is 1.53. The summed E-state index contributed by atoms with van der Waals surface area (Å²) < 4.78 is 11.9. The van der Waals surface area contributed by atoms with Gasteiger partial charge < -0.3 is 9.47 Å². The number of esters is 1. The summed E-state index contributed by atoms with van der Waals surface area (Å²) in [6.07, 6.45) is 4.71. The van der Waals surface area contributed by atoms with E-state index in [9.17, 15) is 4.79 Å². The Hall–Kier alpha value is -1.10. The minimum atomic E-state index is -0.324. The molecule has 0 spiro atoms.